The molecule has 0 bridgehead atoms. The summed E-state index contributed by atoms with van der Waals surface area (Å²) in [6.45, 7) is -0.400. The first-order valence-corrected chi connectivity index (χ1v) is 9.10. The van der Waals surface area contributed by atoms with Crippen LogP contribution in [0.1, 0.15) is 10.6 Å². The average molecular weight is 422 g/mol. The van der Waals surface area contributed by atoms with E-state index in [0.717, 1.165) is 0 Å². The molecule has 0 atom stereocenters. The van der Waals surface area contributed by atoms with Gasteiger partial charge >= 0.3 is 0 Å². The molecule has 4 aromatic rings. The smallest absolute Gasteiger partial charge is 0.287 e. The third kappa shape index (κ3) is 4.13. The van der Waals surface area contributed by atoms with E-state index in [0.29, 0.717) is 11.3 Å². The highest BCUT2D eigenvalue weighted by atomic mass is 19.1. The number of furan rings is 1. The summed E-state index contributed by atoms with van der Waals surface area (Å²) in [5, 5.41) is 9.47. The third-order valence-corrected chi connectivity index (χ3v) is 4.47. The number of carbonyl (C=O) groups is 2. The Labute approximate surface area is 172 Å². The zero-order chi connectivity index (χ0) is 22.0. The number of rotatable bonds is 5. The van der Waals surface area contributed by atoms with Gasteiger partial charge in [0.2, 0.25) is 5.91 Å². The van der Waals surface area contributed by atoms with Crippen molar-refractivity contribution in [3.63, 3.8) is 0 Å². The minimum absolute atomic E-state index is 0.0275. The Bertz CT molecular complexity index is 1400. The maximum atomic E-state index is 13.0. The van der Waals surface area contributed by atoms with Crippen LogP contribution in [0.4, 0.5) is 10.1 Å². The predicted molar refractivity (Wildman–Crippen MR) is 110 cm³/mol. The van der Waals surface area contributed by atoms with Gasteiger partial charge in [0.15, 0.2) is 5.76 Å². The molecule has 0 spiro atoms. The van der Waals surface area contributed by atoms with Gasteiger partial charge in [0.25, 0.3) is 17.0 Å². The molecule has 9 nitrogen and oxygen atoms in total. The van der Waals surface area contributed by atoms with E-state index in [1.165, 1.54) is 48.5 Å². The van der Waals surface area contributed by atoms with E-state index in [9.17, 15) is 23.6 Å². The van der Waals surface area contributed by atoms with Gasteiger partial charge in [-0.3, -0.25) is 29.4 Å². The van der Waals surface area contributed by atoms with E-state index in [1.54, 1.807) is 6.07 Å². The number of aromatic nitrogens is 2. The number of hydrogen-bond acceptors (Lipinski definition) is 5. The zero-order valence-electron chi connectivity index (χ0n) is 15.8. The minimum atomic E-state index is -0.629. The molecule has 0 aliphatic carbocycles. The lowest BCUT2D eigenvalue weighted by Crippen LogP contribution is -2.33. The van der Waals surface area contributed by atoms with Gasteiger partial charge in [0.05, 0.1) is 23.0 Å². The van der Waals surface area contributed by atoms with Crippen molar-refractivity contribution in [2.24, 2.45) is 0 Å². The lowest BCUT2D eigenvalue weighted by molar-refractivity contribution is -0.115. The molecule has 4 rings (SSSR count). The molecular formula is C21H15FN4O5. The van der Waals surface area contributed by atoms with Crippen molar-refractivity contribution >= 4 is 28.3 Å². The van der Waals surface area contributed by atoms with E-state index in [4.69, 9.17) is 4.42 Å². The van der Waals surface area contributed by atoms with Crippen LogP contribution in [-0.2, 0) is 4.79 Å². The van der Waals surface area contributed by atoms with Gasteiger partial charge in [-0.2, -0.15) is 0 Å². The molecule has 0 saturated heterocycles. The van der Waals surface area contributed by atoms with Gasteiger partial charge in [0, 0.05) is 5.56 Å². The number of amides is 2. The number of carbonyl (C=O) groups excluding carboxylic acids is 2. The normalized spacial score (nSPS) is 10.7. The Kier molecular flexibility index (Phi) is 5.19. The molecule has 0 fully saturated rings. The summed E-state index contributed by atoms with van der Waals surface area (Å²) < 4.78 is 18.5. The fourth-order valence-corrected chi connectivity index (χ4v) is 3.00. The molecular weight excluding hydrogens is 407 g/mol. The third-order valence-electron chi connectivity index (χ3n) is 4.47. The van der Waals surface area contributed by atoms with Crippen LogP contribution >= 0.6 is 0 Å². The fourth-order valence-electron chi connectivity index (χ4n) is 3.00. The number of fused-ring (bicyclic) bond motifs is 1. The number of nitrogens with one attached hydrogen (secondary N) is 4. The molecule has 2 amide bonds. The second kappa shape index (κ2) is 8.11. The van der Waals surface area contributed by atoms with Crippen LogP contribution in [0, 0.1) is 5.82 Å². The van der Waals surface area contributed by atoms with E-state index in [2.05, 4.69) is 20.8 Å². The summed E-state index contributed by atoms with van der Waals surface area (Å²) in [6, 6.07) is 13.0. The van der Waals surface area contributed by atoms with Crippen molar-refractivity contribution in [3.8, 4) is 11.3 Å². The predicted octanol–water partition coefficient (Wildman–Crippen LogP) is 1.98. The molecule has 4 N–H and O–H groups in total. The van der Waals surface area contributed by atoms with Crippen molar-refractivity contribution < 1.29 is 18.4 Å². The molecule has 2 aromatic heterocycles. The Balaban J connectivity index is 1.43. The SMILES string of the molecule is O=C(CNC(=O)c1ccc(-c2ccc(F)cc2)o1)Nc1cccc2c(=O)[nH][nH]c(=O)c12. The first-order valence-electron chi connectivity index (χ1n) is 9.10. The van der Waals surface area contributed by atoms with Crippen LogP contribution in [0.5, 0.6) is 0 Å². The topological polar surface area (TPSA) is 137 Å². The number of anilines is 1. The van der Waals surface area contributed by atoms with Gasteiger partial charge in [-0.25, -0.2) is 4.39 Å². The molecule has 0 unspecified atom stereocenters. The van der Waals surface area contributed by atoms with E-state index >= 15 is 0 Å². The minimum Gasteiger partial charge on any atom is -0.451 e. The van der Waals surface area contributed by atoms with Crippen LogP contribution < -0.4 is 21.8 Å². The molecule has 10 heteroatoms. The van der Waals surface area contributed by atoms with Crippen LogP contribution in [-0.4, -0.2) is 28.6 Å². The molecule has 156 valence electrons. The summed E-state index contributed by atoms with van der Waals surface area (Å²) in [6.07, 6.45) is 0. The molecule has 2 aromatic carbocycles. The highest BCUT2D eigenvalue weighted by Crippen LogP contribution is 2.22. The van der Waals surface area contributed by atoms with Gasteiger partial charge in [-0.15, -0.1) is 0 Å². The molecule has 2 heterocycles. The second-order valence-corrected chi connectivity index (χ2v) is 6.54. The quantitative estimate of drug-likeness (QED) is 0.390. The van der Waals surface area contributed by atoms with E-state index in [1.807, 2.05) is 0 Å². The summed E-state index contributed by atoms with van der Waals surface area (Å²) in [5.74, 6) is -1.28. The van der Waals surface area contributed by atoms with Crippen molar-refractivity contribution in [1.82, 2.24) is 15.5 Å². The maximum absolute atomic E-state index is 13.0. The second-order valence-electron chi connectivity index (χ2n) is 6.54. The summed E-state index contributed by atoms with van der Waals surface area (Å²) in [4.78, 5) is 48.4. The van der Waals surface area contributed by atoms with Crippen molar-refractivity contribution in [2.75, 3.05) is 11.9 Å². The van der Waals surface area contributed by atoms with Gasteiger partial charge in [-0.1, -0.05) is 6.07 Å². The Morgan fingerprint density at radius 2 is 1.68 bits per heavy atom. The zero-order valence-corrected chi connectivity index (χ0v) is 15.8. The molecule has 31 heavy (non-hydrogen) atoms. The molecule has 0 aliphatic rings. The highest BCUT2D eigenvalue weighted by molar-refractivity contribution is 6.03. The first kappa shape index (κ1) is 19.8. The van der Waals surface area contributed by atoms with Crippen LogP contribution in [0.25, 0.3) is 22.1 Å². The van der Waals surface area contributed by atoms with Gasteiger partial charge in [0.1, 0.15) is 11.6 Å². The van der Waals surface area contributed by atoms with Gasteiger partial charge in [-0.05, 0) is 48.5 Å². The summed E-state index contributed by atoms with van der Waals surface area (Å²) in [7, 11) is 0. The number of benzene rings is 2. The standard InChI is InChI=1S/C21H15FN4O5/c22-12-6-4-11(5-7-12)15-8-9-16(31-15)20(29)23-10-17(27)24-14-3-1-2-13-18(14)21(30)26-25-19(13)28/h1-9H,10H2,(H,23,29)(H,24,27)(H,25,28)(H,26,30). The summed E-state index contributed by atoms with van der Waals surface area (Å²) >= 11 is 0. The number of aromatic amines is 2. The number of H-pyrrole nitrogens is 2. The molecule has 0 aliphatic heterocycles. The Morgan fingerprint density at radius 3 is 2.45 bits per heavy atom. The monoisotopic (exact) mass is 422 g/mol. The maximum Gasteiger partial charge on any atom is 0.287 e. The van der Waals surface area contributed by atoms with Crippen LogP contribution in [0.2, 0.25) is 0 Å². The fraction of sp³-hybridized carbons (Fsp3) is 0.0476. The number of hydrogen-bond donors (Lipinski definition) is 4. The molecule has 0 saturated carbocycles. The van der Waals surface area contributed by atoms with Crippen LogP contribution in [0.15, 0.2) is 68.6 Å². The Hall–Kier alpha value is -4.47. The van der Waals surface area contributed by atoms with Crippen LogP contribution in [0.3, 0.4) is 0 Å². The van der Waals surface area contributed by atoms with E-state index < -0.39 is 35.3 Å². The van der Waals surface area contributed by atoms with Gasteiger partial charge < -0.3 is 15.1 Å². The molecule has 0 radical (unpaired) electrons. The van der Waals surface area contributed by atoms with Crippen molar-refractivity contribution in [3.05, 3.63) is 86.9 Å². The lowest BCUT2D eigenvalue weighted by atomic mass is 10.1. The average Bonchev–Trinajstić information content (AvgIpc) is 3.26. The lowest BCUT2D eigenvalue weighted by Gasteiger charge is -2.08. The number of halogens is 1. The van der Waals surface area contributed by atoms with Crippen molar-refractivity contribution in [2.45, 2.75) is 0 Å². The highest BCUT2D eigenvalue weighted by Gasteiger charge is 2.15. The largest absolute Gasteiger partial charge is 0.451 e. The summed E-state index contributed by atoms with van der Waals surface area (Å²) in [5.41, 5.74) is -0.345. The Morgan fingerprint density at radius 1 is 0.935 bits per heavy atom. The van der Waals surface area contributed by atoms with Crippen molar-refractivity contribution in [1.29, 1.82) is 0 Å². The van der Waals surface area contributed by atoms with E-state index in [-0.39, 0.29) is 22.2 Å². The first-order chi connectivity index (χ1) is 14.9.